The molecule has 1 aliphatic heterocycles. The van der Waals surface area contributed by atoms with Gasteiger partial charge in [-0.15, -0.1) is 0 Å². The fourth-order valence-corrected chi connectivity index (χ4v) is 5.26. The maximum Gasteiger partial charge on any atom is 0.282 e. The molecule has 2 N–H and O–H groups in total. The predicted octanol–water partition coefficient (Wildman–Crippen LogP) is 5.54. The number of carbonyl (C=O) groups is 2. The van der Waals surface area contributed by atoms with E-state index in [0.29, 0.717) is 31.4 Å². The Morgan fingerprint density at radius 2 is 1.78 bits per heavy atom. The van der Waals surface area contributed by atoms with Gasteiger partial charge in [0, 0.05) is 30.2 Å². The zero-order valence-corrected chi connectivity index (χ0v) is 19.8. The number of carbonyl (C=O) groups excluding carboxylic acids is 2. The first-order valence-electron chi connectivity index (χ1n) is 12.4. The van der Waals surface area contributed by atoms with Crippen molar-refractivity contribution < 1.29 is 23.1 Å². The molecule has 1 saturated carbocycles. The molecule has 0 radical (unpaired) electrons. The molecule has 10 heteroatoms. The zero-order chi connectivity index (χ0) is 25.1. The van der Waals surface area contributed by atoms with E-state index >= 15 is 0 Å². The molecule has 0 bridgehead atoms. The van der Waals surface area contributed by atoms with E-state index in [1.54, 1.807) is 18.3 Å². The first-order chi connectivity index (χ1) is 17.5. The Morgan fingerprint density at radius 3 is 2.44 bits per heavy atom. The van der Waals surface area contributed by atoms with Gasteiger partial charge in [0.15, 0.2) is 12.0 Å². The second-order valence-corrected chi connectivity index (χ2v) is 9.41. The van der Waals surface area contributed by atoms with Crippen molar-refractivity contribution in [3.05, 3.63) is 54.0 Å². The van der Waals surface area contributed by atoms with E-state index in [1.807, 2.05) is 18.2 Å². The summed E-state index contributed by atoms with van der Waals surface area (Å²) in [4.78, 5) is 26.7. The number of hydrogen-bond acceptors (Lipinski definition) is 5. The predicted molar refractivity (Wildman–Crippen MR) is 128 cm³/mol. The number of amides is 1. The van der Waals surface area contributed by atoms with Crippen molar-refractivity contribution in [2.75, 3.05) is 11.9 Å². The number of ketones is 1. The summed E-state index contributed by atoms with van der Waals surface area (Å²) < 4.78 is 34.8. The maximum atomic E-state index is 14.0. The summed E-state index contributed by atoms with van der Waals surface area (Å²) >= 11 is 0. The van der Waals surface area contributed by atoms with Crippen molar-refractivity contribution in [2.45, 2.75) is 57.6 Å². The van der Waals surface area contributed by atoms with E-state index < -0.39 is 30.4 Å². The Balaban J connectivity index is 1.33. The first-order valence-corrected chi connectivity index (χ1v) is 12.4. The molecule has 36 heavy (non-hydrogen) atoms. The van der Waals surface area contributed by atoms with E-state index in [0.717, 1.165) is 36.9 Å². The number of aromatic nitrogens is 4. The van der Waals surface area contributed by atoms with Gasteiger partial charge in [0.25, 0.3) is 6.43 Å². The molecular formula is C26H29F2N5O3. The number of hydrogen-bond donors (Lipinski definition) is 2. The average Bonchev–Trinajstić information content (AvgIpc) is 3.60. The molecular weight excluding hydrogens is 468 g/mol. The number of Topliss-reactive ketones (excluding diaryl/α,β-unsaturated/α-hetero) is 1. The molecule has 3 unspecified atom stereocenters. The van der Waals surface area contributed by atoms with Crippen molar-refractivity contribution in [2.24, 2.45) is 11.8 Å². The van der Waals surface area contributed by atoms with Crippen LogP contribution in [-0.4, -0.2) is 38.3 Å². The lowest BCUT2D eigenvalue weighted by molar-refractivity contribution is -0.122. The quantitative estimate of drug-likeness (QED) is 0.418. The summed E-state index contributed by atoms with van der Waals surface area (Å²) in [5, 5.41) is 13.6. The third kappa shape index (κ3) is 4.95. The van der Waals surface area contributed by atoms with Crippen molar-refractivity contribution in [3.63, 3.8) is 0 Å². The van der Waals surface area contributed by atoms with Crippen LogP contribution in [0.5, 0.6) is 0 Å². The molecule has 2 fully saturated rings. The van der Waals surface area contributed by atoms with Crippen molar-refractivity contribution in [3.8, 4) is 11.3 Å². The Labute approximate surface area is 207 Å². The van der Waals surface area contributed by atoms with Crippen LogP contribution in [0.4, 0.5) is 14.5 Å². The number of ether oxygens (including phenoxy) is 1. The summed E-state index contributed by atoms with van der Waals surface area (Å²) in [6.07, 6.45) is 4.60. The molecule has 0 spiro atoms. The molecule has 1 saturated heterocycles. The van der Waals surface area contributed by atoms with Gasteiger partial charge in [-0.2, -0.15) is 10.2 Å². The van der Waals surface area contributed by atoms with Gasteiger partial charge in [0.1, 0.15) is 5.69 Å². The lowest BCUT2D eigenvalue weighted by Gasteiger charge is -2.29. The fraction of sp³-hybridized carbons (Fsp3) is 0.462. The van der Waals surface area contributed by atoms with Crippen LogP contribution in [0.1, 0.15) is 73.7 Å². The molecule has 3 atom stereocenters. The van der Waals surface area contributed by atoms with Crippen LogP contribution in [0.3, 0.4) is 0 Å². The molecule has 2 aliphatic rings. The van der Waals surface area contributed by atoms with Crippen LogP contribution in [0.15, 0.2) is 42.7 Å². The van der Waals surface area contributed by atoms with E-state index in [1.165, 1.54) is 10.9 Å². The number of benzene rings is 1. The molecule has 3 heterocycles. The number of anilines is 1. The molecule has 8 nitrogen and oxygen atoms in total. The standard InChI is InChI=1S/C26H29F2N5O3/c27-25(28)23-21(15-30-33(23)22-7-3-4-14-36-22)31-26(35)19-6-2-1-5-18(19)24(34)17-10-8-16(9-11-17)20-12-13-29-32-20/h8-13,15,18-19,22,25H,1-7,14H2,(H,29,32)(H,31,35). The molecule has 2 aromatic heterocycles. The van der Waals surface area contributed by atoms with Crippen LogP contribution >= 0.6 is 0 Å². The highest BCUT2D eigenvalue weighted by atomic mass is 19.3. The minimum atomic E-state index is -2.83. The van der Waals surface area contributed by atoms with E-state index in [2.05, 4.69) is 20.6 Å². The second kappa shape index (κ2) is 10.7. The molecule has 1 amide bonds. The van der Waals surface area contributed by atoms with Crippen LogP contribution in [0.25, 0.3) is 11.3 Å². The highest BCUT2D eigenvalue weighted by Crippen LogP contribution is 2.36. The lowest BCUT2D eigenvalue weighted by Crippen LogP contribution is -2.36. The van der Waals surface area contributed by atoms with Gasteiger partial charge in [-0.25, -0.2) is 13.5 Å². The third-order valence-corrected chi connectivity index (χ3v) is 7.15. The van der Waals surface area contributed by atoms with Gasteiger partial charge in [-0.3, -0.25) is 14.7 Å². The van der Waals surface area contributed by atoms with E-state index in [9.17, 15) is 18.4 Å². The van der Waals surface area contributed by atoms with Gasteiger partial charge in [0.2, 0.25) is 5.91 Å². The second-order valence-electron chi connectivity index (χ2n) is 9.41. The zero-order valence-electron chi connectivity index (χ0n) is 19.8. The highest BCUT2D eigenvalue weighted by molar-refractivity contribution is 6.03. The Hall–Kier alpha value is -3.40. The van der Waals surface area contributed by atoms with Crippen molar-refractivity contribution in [1.29, 1.82) is 0 Å². The number of nitrogens with zero attached hydrogens (tertiary/aromatic N) is 3. The van der Waals surface area contributed by atoms with Gasteiger partial charge < -0.3 is 10.1 Å². The van der Waals surface area contributed by atoms with Crippen molar-refractivity contribution in [1.82, 2.24) is 20.0 Å². The number of halogens is 2. The maximum absolute atomic E-state index is 14.0. The van der Waals surface area contributed by atoms with Gasteiger partial charge in [-0.1, -0.05) is 37.1 Å². The summed E-state index contributed by atoms with van der Waals surface area (Å²) in [7, 11) is 0. The molecule has 1 aromatic carbocycles. The summed E-state index contributed by atoms with van der Waals surface area (Å²) in [6, 6.07) is 9.04. The van der Waals surface area contributed by atoms with Gasteiger partial charge >= 0.3 is 0 Å². The Bertz CT molecular complexity index is 1190. The monoisotopic (exact) mass is 497 g/mol. The van der Waals surface area contributed by atoms with Crippen molar-refractivity contribution >= 4 is 17.4 Å². The SMILES string of the molecule is O=C(Nc1cnn(C2CCCCO2)c1C(F)F)C1CCCCC1C(=O)c1ccc(-c2ccn[nH]2)cc1. The topological polar surface area (TPSA) is 102 Å². The Kier molecular flexibility index (Phi) is 7.22. The van der Waals surface area contributed by atoms with Crippen LogP contribution in [-0.2, 0) is 9.53 Å². The molecule has 1 aliphatic carbocycles. The van der Waals surface area contributed by atoms with Crippen LogP contribution in [0, 0.1) is 11.8 Å². The smallest absolute Gasteiger partial charge is 0.282 e. The molecule has 190 valence electrons. The lowest BCUT2D eigenvalue weighted by atomic mass is 9.75. The van der Waals surface area contributed by atoms with Gasteiger partial charge in [0.05, 0.1) is 17.6 Å². The number of rotatable bonds is 7. The minimum absolute atomic E-state index is 0.0233. The van der Waals surface area contributed by atoms with Gasteiger partial charge in [-0.05, 0) is 43.7 Å². The summed E-state index contributed by atoms with van der Waals surface area (Å²) in [5.74, 6) is -1.64. The number of nitrogens with one attached hydrogen (secondary N) is 2. The summed E-state index contributed by atoms with van der Waals surface area (Å²) in [5.41, 5.74) is 1.89. The van der Waals surface area contributed by atoms with Crippen LogP contribution in [0.2, 0.25) is 0 Å². The minimum Gasteiger partial charge on any atom is -0.357 e. The molecule has 5 rings (SSSR count). The Morgan fingerprint density at radius 1 is 1.03 bits per heavy atom. The third-order valence-electron chi connectivity index (χ3n) is 7.15. The number of H-pyrrole nitrogens is 1. The number of alkyl halides is 2. The largest absolute Gasteiger partial charge is 0.357 e. The average molecular weight is 498 g/mol. The number of aromatic amines is 1. The van der Waals surface area contributed by atoms with E-state index in [4.69, 9.17) is 4.74 Å². The van der Waals surface area contributed by atoms with E-state index in [-0.39, 0.29) is 17.2 Å². The molecule has 3 aromatic rings. The highest BCUT2D eigenvalue weighted by Gasteiger charge is 2.37. The summed E-state index contributed by atoms with van der Waals surface area (Å²) in [6.45, 7) is 0.490. The van der Waals surface area contributed by atoms with Crippen LogP contribution < -0.4 is 5.32 Å². The fourth-order valence-electron chi connectivity index (χ4n) is 5.26. The first kappa shape index (κ1) is 24.3. The normalized spacial score (nSPS) is 22.5.